The van der Waals surface area contributed by atoms with E-state index < -0.39 is 0 Å². The van der Waals surface area contributed by atoms with E-state index in [9.17, 15) is 4.79 Å². The molecule has 0 atom stereocenters. The molecule has 0 saturated heterocycles. The molecule has 0 N–H and O–H groups in total. The van der Waals surface area contributed by atoms with Crippen LogP contribution in [0, 0.1) is 6.20 Å². The van der Waals surface area contributed by atoms with Crippen LogP contribution in [0.15, 0.2) is 79.0 Å². The Bertz CT molecular complexity index is 1020. The van der Waals surface area contributed by atoms with Crippen molar-refractivity contribution in [3.8, 4) is 11.1 Å². The maximum atomic E-state index is 13.2. The Morgan fingerprint density at radius 2 is 1.58 bits per heavy atom. The molecule has 2 heterocycles. The molecule has 0 spiro atoms. The molecule has 0 aliphatic rings. The second kappa shape index (κ2) is 5.99. The lowest BCUT2D eigenvalue weighted by Crippen LogP contribution is -2.02. The van der Waals surface area contributed by atoms with Gasteiger partial charge in [-0.05, 0) is 42.0 Å². The Hall–Kier alpha value is -2.84. The zero-order chi connectivity index (χ0) is 16.5. The Kier molecular flexibility index (Phi) is 3.68. The van der Waals surface area contributed by atoms with Gasteiger partial charge in [0.05, 0.1) is 17.3 Å². The molecule has 0 aliphatic heterocycles. The first kappa shape index (κ1) is 14.7. The average molecular weight is 331 g/mol. The number of ketones is 1. The van der Waals surface area contributed by atoms with Crippen molar-refractivity contribution in [2.45, 2.75) is 0 Å². The smallest absolute Gasteiger partial charge is 0.195 e. The number of fused-ring (bicyclic) bond motifs is 1. The molecule has 0 aliphatic carbocycles. The Balaban J connectivity index is 1.96. The molecule has 0 amide bonds. The first-order chi connectivity index (χ1) is 11.7. The maximum Gasteiger partial charge on any atom is 0.195 e. The van der Waals surface area contributed by atoms with Crippen LogP contribution in [0.4, 0.5) is 0 Å². The molecule has 0 saturated carbocycles. The van der Waals surface area contributed by atoms with Crippen molar-refractivity contribution in [3.05, 3.63) is 101 Å². The highest BCUT2D eigenvalue weighted by Crippen LogP contribution is 2.30. The lowest BCUT2D eigenvalue weighted by Gasteiger charge is -2.05. The Labute approximate surface area is 144 Å². The van der Waals surface area contributed by atoms with Crippen LogP contribution in [0.5, 0.6) is 0 Å². The quantitative estimate of drug-likeness (QED) is 0.468. The van der Waals surface area contributed by atoms with Gasteiger partial charge in [0.25, 0.3) is 0 Å². The van der Waals surface area contributed by atoms with Gasteiger partial charge in [-0.1, -0.05) is 48.0 Å². The number of benzene rings is 2. The number of halogens is 1. The summed E-state index contributed by atoms with van der Waals surface area (Å²) in [5, 5.41) is 0.614. The Morgan fingerprint density at radius 3 is 2.33 bits per heavy atom. The summed E-state index contributed by atoms with van der Waals surface area (Å²) in [6.07, 6.45) is 5.22. The molecule has 115 valence electrons. The second-order valence-electron chi connectivity index (χ2n) is 5.52. The zero-order valence-corrected chi connectivity index (χ0v) is 13.5. The van der Waals surface area contributed by atoms with Crippen LogP contribution in [0.3, 0.4) is 0 Å². The maximum absolute atomic E-state index is 13.2. The van der Waals surface area contributed by atoms with Crippen LogP contribution >= 0.6 is 11.6 Å². The molecular weight excluding hydrogens is 318 g/mol. The van der Waals surface area contributed by atoms with Crippen molar-refractivity contribution in [3.63, 3.8) is 0 Å². The fourth-order valence-corrected chi connectivity index (χ4v) is 2.96. The van der Waals surface area contributed by atoms with Crippen molar-refractivity contribution >= 4 is 22.9 Å². The predicted molar refractivity (Wildman–Crippen MR) is 96.6 cm³/mol. The minimum atomic E-state index is -0.0320. The molecule has 2 aromatic heterocycles. The summed E-state index contributed by atoms with van der Waals surface area (Å²) >= 11 is 5.94. The van der Waals surface area contributed by atoms with Crippen molar-refractivity contribution in [2.75, 3.05) is 0 Å². The van der Waals surface area contributed by atoms with Gasteiger partial charge in [0.2, 0.25) is 0 Å². The minimum Gasteiger partial charge on any atom is -0.314 e. The van der Waals surface area contributed by atoms with Gasteiger partial charge in [-0.25, -0.2) is 0 Å². The van der Waals surface area contributed by atoms with Gasteiger partial charge < -0.3 is 4.40 Å². The van der Waals surface area contributed by atoms with E-state index in [1.165, 1.54) is 0 Å². The number of aromatic nitrogens is 1. The van der Waals surface area contributed by atoms with Gasteiger partial charge >= 0.3 is 0 Å². The van der Waals surface area contributed by atoms with E-state index in [1.807, 2.05) is 59.1 Å². The normalized spacial score (nSPS) is 10.9. The first-order valence-corrected chi connectivity index (χ1v) is 8.00. The van der Waals surface area contributed by atoms with Crippen LogP contribution in [-0.2, 0) is 0 Å². The van der Waals surface area contributed by atoms with E-state index in [2.05, 4.69) is 6.20 Å². The number of nitrogens with zero attached hydrogens (tertiary/aromatic N) is 1. The molecule has 1 radical (unpaired) electrons. The van der Waals surface area contributed by atoms with E-state index in [4.69, 9.17) is 11.6 Å². The number of hydrogen-bond acceptors (Lipinski definition) is 1. The summed E-state index contributed by atoms with van der Waals surface area (Å²) in [6.45, 7) is 0. The van der Waals surface area contributed by atoms with E-state index >= 15 is 0 Å². The molecule has 0 unspecified atom stereocenters. The summed E-state index contributed by atoms with van der Waals surface area (Å²) in [5.74, 6) is -0.0320. The van der Waals surface area contributed by atoms with Crippen molar-refractivity contribution in [2.24, 2.45) is 0 Å². The molecule has 0 fully saturated rings. The molecule has 4 rings (SSSR count). The summed E-state index contributed by atoms with van der Waals surface area (Å²) in [7, 11) is 0. The van der Waals surface area contributed by atoms with E-state index in [0.717, 1.165) is 16.6 Å². The summed E-state index contributed by atoms with van der Waals surface area (Å²) in [6, 6.07) is 22.6. The van der Waals surface area contributed by atoms with Gasteiger partial charge in [0, 0.05) is 22.3 Å². The summed E-state index contributed by atoms with van der Waals surface area (Å²) in [5.41, 5.74) is 3.89. The molecule has 2 nitrogen and oxygen atoms in total. The lowest BCUT2D eigenvalue weighted by molar-refractivity contribution is 0.104. The third-order valence-electron chi connectivity index (χ3n) is 3.99. The fourth-order valence-electron chi connectivity index (χ4n) is 2.84. The van der Waals surface area contributed by atoms with Gasteiger partial charge in [-0.3, -0.25) is 4.79 Å². The summed E-state index contributed by atoms with van der Waals surface area (Å²) in [4.78, 5) is 13.2. The number of rotatable bonds is 3. The Morgan fingerprint density at radius 1 is 0.875 bits per heavy atom. The molecule has 4 aromatic rings. The standard InChI is InChI=1S/C21H13ClNO/c22-17-11-9-16(10-12-17)21(24)20-18(15-6-2-1-3-7-15)14-23-13-5-4-8-19(20)23/h1-13H. The first-order valence-electron chi connectivity index (χ1n) is 7.62. The van der Waals surface area contributed by atoms with Gasteiger partial charge in [-0.2, -0.15) is 0 Å². The average Bonchev–Trinajstić information content (AvgIpc) is 3.02. The molecule has 0 bridgehead atoms. The van der Waals surface area contributed by atoms with Gasteiger partial charge in [0.15, 0.2) is 5.78 Å². The SMILES string of the molecule is O=C(c1ccc(Cl)cc1)c1c(-c2ccccc2)[c]n2ccccc12. The molecule has 24 heavy (non-hydrogen) atoms. The van der Waals surface area contributed by atoms with Gasteiger partial charge in [-0.15, -0.1) is 0 Å². The van der Waals surface area contributed by atoms with Crippen LogP contribution < -0.4 is 0 Å². The lowest BCUT2D eigenvalue weighted by atomic mass is 9.96. The van der Waals surface area contributed by atoms with Crippen LogP contribution in [-0.4, -0.2) is 10.2 Å². The molecule has 2 aromatic carbocycles. The number of pyridine rings is 1. The largest absolute Gasteiger partial charge is 0.314 e. The topological polar surface area (TPSA) is 21.5 Å². The minimum absolute atomic E-state index is 0.0320. The monoisotopic (exact) mass is 330 g/mol. The van der Waals surface area contributed by atoms with Crippen LogP contribution in [0.2, 0.25) is 5.02 Å². The van der Waals surface area contributed by atoms with Gasteiger partial charge in [0.1, 0.15) is 0 Å². The predicted octanol–water partition coefficient (Wildman–Crippen LogP) is 5.29. The molecular formula is C21H13ClNO. The second-order valence-corrected chi connectivity index (χ2v) is 5.96. The van der Waals surface area contributed by atoms with E-state index in [0.29, 0.717) is 16.1 Å². The van der Waals surface area contributed by atoms with Crippen molar-refractivity contribution in [1.82, 2.24) is 4.40 Å². The third-order valence-corrected chi connectivity index (χ3v) is 4.25. The van der Waals surface area contributed by atoms with Crippen molar-refractivity contribution < 1.29 is 4.79 Å². The van der Waals surface area contributed by atoms with E-state index in [-0.39, 0.29) is 5.78 Å². The van der Waals surface area contributed by atoms with Crippen LogP contribution in [0.25, 0.3) is 16.6 Å². The zero-order valence-electron chi connectivity index (χ0n) is 12.7. The number of carbonyl (C=O) groups excluding carboxylic acids is 1. The van der Waals surface area contributed by atoms with Crippen LogP contribution in [0.1, 0.15) is 15.9 Å². The van der Waals surface area contributed by atoms with E-state index in [1.54, 1.807) is 24.3 Å². The fraction of sp³-hybridized carbons (Fsp3) is 0. The van der Waals surface area contributed by atoms with Crippen molar-refractivity contribution in [1.29, 1.82) is 0 Å². The summed E-state index contributed by atoms with van der Waals surface area (Å²) < 4.78 is 1.87. The number of carbonyl (C=O) groups is 1. The highest BCUT2D eigenvalue weighted by molar-refractivity contribution is 6.30. The number of hydrogen-bond donors (Lipinski definition) is 0. The third kappa shape index (κ3) is 2.51. The highest BCUT2D eigenvalue weighted by atomic mass is 35.5. The highest BCUT2D eigenvalue weighted by Gasteiger charge is 2.20. The molecule has 3 heteroatoms.